The minimum absolute atomic E-state index is 0.168. The Kier molecular flexibility index (Phi) is 12.5. The van der Waals surface area contributed by atoms with Crippen LogP contribution in [0.5, 0.6) is 0 Å². The van der Waals surface area contributed by atoms with Gasteiger partial charge in [-0.15, -0.1) is 0 Å². The van der Waals surface area contributed by atoms with Gasteiger partial charge in [0.1, 0.15) is 0 Å². The molecule has 3 saturated heterocycles. The zero-order chi connectivity index (χ0) is 36.4. The lowest BCUT2D eigenvalue weighted by molar-refractivity contribution is 0.139. The first kappa shape index (κ1) is 37.6. The molecule has 3 fully saturated rings. The number of hydrogen-bond donors (Lipinski definition) is 3. The molecule has 0 spiro atoms. The molecule has 0 radical (unpaired) electrons. The highest BCUT2D eigenvalue weighted by molar-refractivity contribution is 7.92. The molecule has 0 atom stereocenters. The van der Waals surface area contributed by atoms with Crippen LogP contribution >= 0.6 is 0 Å². The molecule has 7 rings (SSSR count). The Bertz CT molecular complexity index is 1780. The summed E-state index contributed by atoms with van der Waals surface area (Å²) in [6, 6.07) is 5.78. The molecule has 0 aromatic carbocycles. The van der Waals surface area contributed by atoms with Gasteiger partial charge < -0.3 is 41.2 Å². The number of nitrogen functional groups attached to an aromatic ring is 3. The molecule has 4 aromatic heterocycles. The predicted octanol–water partition coefficient (Wildman–Crippen LogP) is 3.63. The number of aromatic nitrogens is 5. The number of sulfone groups is 1. The van der Waals surface area contributed by atoms with E-state index >= 15 is 0 Å². The van der Waals surface area contributed by atoms with Crippen LogP contribution in [0.4, 0.5) is 34.1 Å². The van der Waals surface area contributed by atoms with E-state index in [2.05, 4.69) is 34.9 Å². The second-order valence-corrected chi connectivity index (χ2v) is 16.5. The average molecular weight is 722 g/mol. The molecule has 15 nitrogen and oxygen atoms in total. The molecule has 3 aliphatic heterocycles. The van der Waals surface area contributed by atoms with Gasteiger partial charge in [0.15, 0.2) is 15.7 Å². The van der Waals surface area contributed by atoms with Gasteiger partial charge in [-0.2, -0.15) is 4.98 Å². The molecule has 0 unspecified atom stereocenters. The van der Waals surface area contributed by atoms with Crippen molar-refractivity contribution in [2.45, 2.75) is 50.2 Å². The highest BCUT2D eigenvalue weighted by atomic mass is 32.2. The largest absolute Gasteiger partial charge is 0.396 e. The zero-order valence-corrected chi connectivity index (χ0v) is 30.6. The summed E-state index contributed by atoms with van der Waals surface area (Å²) in [7, 11) is -1.24. The van der Waals surface area contributed by atoms with E-state index in [9.17, 15) is 8.42 Å². The Hall–Kier alpha value is -4.70. The fourth-order valence-corrected chi connectivity index (χ4v) is 8.09. The lowest BCUT2D eigenvalue weighted by Crippen LogP contribution is -2.53. The van der Waals surface area contributed by atoms with Crippen molar-refractivity contribution in [3.63, 3.8) is 0 Å². The second kappa shape index (κ2) is 17.0. The van der Waals surface area contributed by atoms with E-state index in [1.165, 1.54) is 19.2 Å². The minimum atomic E-state index is -3.01. The van der Waals surface area contributed by atoms with Crippen molar-refractivity contribution in [3.8, 4) is 0 Å². The van der Waals surface area contributed by atoms with E-state index in [-0.39, 0.29) is 5.75 Å². The van der Waals surface area contributed by atoms with Crippen molar-refractivity contribution < 1.29 is 17.7 Å². The van der Waals surface area contributed by atoms with E-state index < -0.39 is 14.6 Å². The maximum absolute atomic E-state index is 11.9. The summed E-state index contributed by atoms with van der Waals surface area (Å²) in [5.74, 6) is 2.08. The van der Waals surface area contributed by atoms with Crippen LogP contribution in [0, 0.1) is 5.92 Å². The molecule has 0 bridgehead atoms. The Labute approximate surface area is 300 Å². The zero-order valence-electron chi connectivity index (χ0n) is 29.8. The SMILES string of the molecule is CC1(C)CN(c2ccncc2N)CCS1(=O)=O.COCC1CCN(c2ccncc2N)CC1.Nc1cnccc1N1CCC(c2ncon2)CC1. The topological polar surface area (TPSA) is 209 Å². The number of nitrogens with two attached hydrogens (primary N) is 3. The fraction of sp³-hybridized carbons (Fsp3) is 0.514. The van der Waals surface area contributed by atoms with Crippen LogP contribution < -0.4 is 31.9 Å². The first-order chi connectivity index (χ1) is 24.5. The van der Waals surface area contributed by atoms with E-state index in [4.69, 9.17) is 26.5 Å². The van der Waals surface area contributed by atoms with Crippen LogP contribution in [0.1, 0.15) is 51.3 Å². The molecule has 3 aliphatic rings. The summed E-state index contributed by atoms with van der Waals surface area (Å²) in [5.41, 5.74) is 22.8. The van der Waals surface area contributed by atoms with E-state index in [1.807, 2.05) is 23.1 Å². The van der Waals surface area contributed by atoms with Gasteiger partial charge in [-0.1, -0.05) is 5.16 Å². The molecule has 0 aliphatic carbocycles. The van der Waals surface area contributed by atoms with Crippen molar-refractivity contribution in [1.82, 2.24) is 25.1 Å². The van der Waals surface area contributed by atoms with Crippen LogP contribution in [-0.2, 0) is 14.6 Å². The van der Waals surface area contributed by atoms with E-state index in [1.54, 1.807) is 58.1 Å². The van der Waals surface area contributed by atoms with Gasteiger partial charge in [-0.25, -0.2) is 8.42 Å². The highest BCUT2D eigenvalue weighted by Crippen LogP contribution is 2.32. The van der Waals surface area contributed by atoms with Crippen molar-refractivity contribution in [2.24, 2.45) is 5.92 Å². The molecule has 6 N–H and O–H groups in total. The number of piperidine rings is 2. The molecule has 51 heavy (non-hydrogen) atoms. The van der Waals surface area contributed by atoms with Crippen LogP contribution in [0.15, 0.2) is 66.3 Å². The Morgan fingerprint density at radius 2 is 1.27 bits per heavy atom. The summed E-state index contributed by atoms with van der Waals surface area (Å²) in [6.07, 6.45) is 16.0. The van der Waals surface area contributed by atoms with Gasteiger partial charge in [-0.3, -0.25) is 15.0 Å². The third-order valence-electron chi connectivity index (χ3n) is 9.80. The van der Waals surface area contributed by atoms with Gasteiger partial charge in [0, 0.05) is 77.5 Å². The summed E-state index contributed by atoms with van der Waals surface area (Å²) < 4.78 is 33.0. The average Bonchev–Trinajstić information content (AvgIpc) is 3.67. The number of ether oxygens (including phenoxy) is 1. The summed E-state index contributed by atoms with van der Waals surface area (Å²) in [4.78, 5) is 22.7. The molecule has 7 heterocycles. The lowest BCUT2D eigenvalue weighted by atomic mass is 9.96. The second-order valence-electron chi connectivity index (χ2n) is 13.7. The molecule has 0 amide bonds. The molecule has 4 aromatic rings. The number of hydrogen-bond acceptors (Lipinski definition) is 15. The number of rotatable bonds is 6. The predicted molar refractivity (Wildman–Crippen MR) is 201 cm³/mol. The summed E-state index contributed by atoms with van der Waals surface area (Å²) in [5, 5.41) is 3.92. The van der Waals surface area contributed by atoms with Crippen molar-refractivity contribution >= 4 is 44.0 Å². The third kappa shape index (κ3) is 9.55. The summed E-state index contributed by atoms with van der Waals surface area (Å²) in [6.45, 7) is 9.35. The highest BCUT2D eigenvalue weighted by Gasteiger charge is 2.40. The van der Waals surface area contributed by atoms with Crippen LogP contribution in [0.2, 0.25) is 0 Å². The molecule has 16 heteroatoms. The first-order valence-electron chi connectivity index (χ1n) is 17.3. The number of pyridine rings is 3. The maximum Gasteiger partial charge on any atom is 0.213 e. The Morgan fingerprint density at radius 1 is 0.784 bits per heavy atom. The molecular weight excluding hydrogens is 671 g/mol. The molecule has 276 valence electrons. The maximum atomic E-state index is 11.9. The Morgan fingerprint density at radius 3 is 1.71 bits per heavy atom. The summed E-state index contributed by atoms with van der Waals surface area (Å²) >= 11 is 0. The Balaban J connectivity index is 0.000000149. The van der Waals surface area contributed by atoms with Gasteiger partial charge in [0.25, 0.3) is 0 Å². The number of methoxy groups -OCH3 is 1. The van der Waals surface area contributed by atoms with Crippen molar-refractivity contribution in [3.05, 3.63) is 67.6 Å². The van der Waals surface area contributed by atoms with Gasteiger partial charge in [0.2, 0.25) is 6.39 Å². The van der Waals surface area contributed by atoms with Crippen LogP contribution in [-0.4, -0.2) is 97.0 Å². The normalized spacial score (nSPS) is 19.0. The lowest BCUT2D eigenvalue weighted by Gasteiger charge is -2.39. The quantitative estimate of drug-likeness (QED) is 0.260. The van der Waals surface area contributed by atoms with Gasteiger partial charge in [-0.05, 0) is 63.6 Å². The monoisotopic (exact) mass is 721 g/mol. The number of nitrogens with zero attached hydrogens (tertiary/aromatic N) is 8. The van der Waals surface area contributed by atoms with Crippen molar-refractivity contribution in [2.75, 3.05) is 90.6 Å². The standard InChI is InChI=1S/C12H15N5O.C12H19N3O.C11H17N3O2S/c13-10-7-14-4-1-11(10)17-5-2-9(3-6-17)12-15-8-18-16-12;1-16-9-10-3-6-15(7-4-10)12-2-5-14-8-11(12)13;1-11(2)8-14(5-6-17(11,15)16)10-3-4-13-7-9(10)12/h1,4,7-9H,2-3,5-6,13H2;2,5,8,10H,3-4,6-7,9,13H2,1H3;3-4,7H,5-6,8,12H2,1-2H3. The third-order valence-corrected chi connectivity index (χ3v) is 12.3. The first-order valence-corrected chi connectivity index (χ1v) is 18.9. The molecular formula is C35H51N11O4S. The number of anilines is 6. The fourth-order valence-electron chi connectivity index (χ4n) is 6.72. The van der Waals surface area contributed by atoms with Gasteiger partial charge >= 0.3 is 0 Å². The van der Waals surface area contributed by atoms with E-state index in [0.717, 1.165) is 79.9 Å². The van der Waals surface area contributed by atoms with Gasteiger partial charge in [0.05, 0.1) is 63.2 Å². The molecule has 0 saturated carbocycles. The smallest absolute Gasteiger partial charge is 0.213 e. The van der Waals surface area contributed by atoms with Crippen LogP contribution in [0.3, 0.4) is 0 Å². The van der Waals surface area contributed by atoms with Crippen molar-refractivity contribution in [1.29, 1.82) is 0 Å². The van der Waals surface area contributed by atoms with E-state index in [0.29, 0.717) is 30.6 Å². The minimum Gasteiger partial charge on any atom is -0.396 e. The van der Waals surface area contributed by atoms with Crippen LogP contribution in [0.25, 0.3) is 0 Å².